The van der Waals surface area contributed by atoms with Gasteiger partial charge in [-0.25, -0.2) is 18.4 Å². The van der Waals surface area contributed by atoms with Crippen molar-refractivity contribution in [1.29, 1.82) is 0 Å². The molecule has 0 aromatic carbocycles. The molecule has 4 N–H and O–H groups in total. The Morgan fingerprint density at radius 2 is 1.94 bits per heavy atom. The van der Waals surface area contributed by atoms with Crippen LogP contribution in [0.5, 0.6) is 0 Å². The Bertz CT molecular complexity index is 413. The summed E-state index contributed by atoms with van der Waals surface area (Å²) in [6.45, 7) is 0.764. The van der Waals surface area contributed by atoms with Crippen molar-refractivity contribution >= 4 is 16.1 Å². The van der Waals surface area contributed by atoms with E-state index in [4.69, 9.17) is 5.14 Å². The van der Waals surface area contributed by atoms with E-state index in [0.29, 0.717) is 12.0 Å². The van der Waals surface area contributed by atoms with Crippen LogP contribution in [0.25, 0.3) is 0 Å². The summed E-state index contributed by atoms with van der Waals surface area (Å²) in [6.07, 6.45) is 6.24. The van der Waals surface area contributed by atoms with Crippen molar-refractivity contribution in [3.8, 4) is 0 Å². The van der Waals surface area contributed by atoms with Crippen LogP contribution in [0.1, 0.15) is 32.1 Å². The Labute approximate surface area is 108 Å². The molecule has 18 heavy (non-hydrogen) atoms. The average Bonchev–Trinajstić information content (AvgIpc) is 2.98. The van der Waals surface area contributed by atoms with Crippen LogP contribution in [-0.4, -0.2) is 33.3 Å². The molecule has 0 radical (unpaired) electrons. The molecule has 104 valence electrons. The molecule has 6 nitrogen and oxygen atoms in total. The second-order valence-corrected chi connectivity index (χ2v) is 7.20. The molecule has 0 spiro atoms. The molecule has 0 aromatic rings. The molecule has 7 heteroatoms. The van der Waals surface area contributed by atoms with Crippen LogP contribution in [0, 0.1) is 11.3 Å². The van der Waals surface area contributed by atoms with E-state index in [2.05, 4.69) is 10.6 Å². The van der Waals surface area contributed by atoms with Crippen molar-refractivity contribution in [2.45, 2.75) is 32.1 Å². The summed E-state index contributed by atoms with van der Waals surface area (Å²) in [5.74, 6) is 0.560. The number of nitrogens with one attached hydrogen (secondary N) is 2. The first kappa shape index (κ1) is 13.6. The summed E-state index contributed by atoms with van der Waals surface area (Å²) in [4.78, 5) is 11.5. The predicted molar refractivity (Wildman–Crippen MR) is 68.4 cm³/mol. The van der Waals surface area contributed by atoms with Gasteiger partial charge in [0.25, 0.3) is 0 Å². The summed E-state index contributed by atoms with van der Waals surface area (Å²) in [6, 6.07) is -0.300. The Hall–Kier alpha value is -0.820. The second-order valence-electron chi connectivity index (χ2n) is 5.47. The fourth-order valence-electron chi connectivity index (χ4n) is 2.68. The molecular weight excluding hydrogens is 254 g/mol. The number of nitrogens with two attached hydrogens (primary N) is 1. The molecular formula is C11H21N3O3S. The highest BCUT2D eigenvalue weighted by atomic mass is 32.2. The number of rotatable bonds is 6. The number of amides is 2. The van der Waals surface area contributed by atoms with E-state index in [9.17, 15) is 13.2 Å². The molecule has 0 bridgehead atoms. The molecule has 0 atom stereocenters. The van der Waals surface area contributed by atoms with E-state index in [1.54, 1.807) is 0 Å². The van der Waals surface area contributed by atoms with Crippen molar-refractivity contribution in [2.24, 2.45) is 16.5 Å². The Balaban J connectivity index is 1.65. The third kappa shape index (κ3) is 3.58. The second kappa shape index (κ2) is 5.05. The van der Waals surface area contributed by atoms with Crippen molar-refractivity contribution in [2.75, 3.05) is 18.8 Å². The zero-order valence-electron chi connectivity index (χ0n) is 10.4. The van der Waals surface area contributed by atoms with E-state index in [-0.39, 0.29) is 18.3 Å². The topological polar surface area (TPSA) is 101 Å². The number of hydrogen-bond donors (Lipinski definition) is 3. The lowest BCUT2D eigenvalue weighted by Crippen LogP contribution is -2.47. The van der Waals surface area contributed by atoms with Crippen LogP contribution in [0.4, 0.5) is 4.79 Å². The smallest absolute Gasteiger partial charge is 0.314 e. The molecule has 0 aliphatic heterocycles. The van der Waals surface area contributed by atoms with Gasteiger partial charge in [0.2, 0.25) is 10.0 Å². The number of sulfonamides is 1. The molecule has 0 saturated heterocycles. The molecule has 2 fully saturated rings. The van der Waals surface area contributed by atoms with Gasteiger partial charge in [-0.3, -0.25) is 0 Å². The van der Waals surface area contributed by atoms with Crippen LogP contribution in [0.15, 0.2) is 0 Å². The van der Waals surface area contributed by atoms with Gasteiger partial charge in [0.1, 0.15) is 0 Å². The summed E-state index contributed by atoms with van der Waals surface area (Å²) in [5.41, 5.74) is 0.331. The number of carbonyl (C=O) groups is 1. The fourth-order valence-corrected chi connectivity index (χ4v) is 3.07. The summed E-state index contributed by atoms with van der Waals surface area (Å²) in [7, 11) is -3.50. The Morgan fingerprint density at radius 1 is 1.28 bits per heavy atom. The lowest BCUT2D eigenvalue weighted by Gasteiger charge is -2.42. The number of primary sulfonamides is 1. The van der Waals surface area contributed by atoms with Crippen LogP contribution in [0.3, 0.4) is 0 Å². The van der Waals surface area contributed by atoms with E-state index in [0.717, 1.165) is 5.92 Å². The SMILES string of the molecule is NS(=O)(=O)CCNC(=O)NCC1(C2CC2)CCC1. The number of carbonyl (C=O) groups excluding carboxylic acids is 1. The molecule has 2 amide bonds. The third-order valence-corrected chi connectivity index (χ3v) is 4.84. The van der Waals surface area contributed by atoms with Gasteiger partial charge in [0.15, 0.2) is 0 Å². The summed E-state index contributed by atoms with van der Waals surface area (Å²) >= 11 is 0. The highest BCUT2D eigenvalue weighted by molar-refractivity contribution is 7.89. The van der Waals surface area contributed by atoms with Gasteiger partial charge in [0, 0.05) is 13.1 Å². The van der Waals surface area contributed by atoms with Gasteiger partial charge in [-0.2, -0.15) is 0 Å². The van der Waals surface area contributed by atoms with Crippen molar-refractivity contribution in [3.05, 3.63) is 0 Å². The maximum absolute atomic E-state index is 11.5. The fraction of sp³-hybridized carbons (Fsp3) is 0.909. The molecule has 2 saturated carbocycles. The van der Waals surface area contributed by atoms with Crippen LogP contribution in [0.2, 0.25) is 0 Å². The monoisotopic (exact) mass is 275 g/mol. The van der Waals surface area contributed by atoms with Crippen LogP contribution >= 0.6 is 0 Å². The van der Waals surface area contributed by atoms with Crippen molar-refractivity contribution in [3.63, 3.8) is 0 Å². The van der Waals surface area contributed by atoms with E-state index in [1.165, 1.54) is 32.1 Å². The molecule has 2 aliphatic carbocycles. The van der Waals surface area contributed by atoms with Crippen molar-refractivity contribution < 1.29 is 13.2 Å². The van der Waals surface area contributed by atoms with E-state index < -0.39 is 10.0 Å². The average molecular weight is 275 g/mol. The highest BCUT2D eigenvalue weighted by Crippen LogP contribution is 2.56. The molecule has 2 aliphatic rings. The minimum atomic E-state index is -3.50. The lowest BCUT2D eigenvalue weighted by molar-refractivity contribution is 0.102. The lowest BCUT2D eigenvalue weighted by atomic mass is 9.65. The van der Waals surface area contributed by atoms with Crippen LogP contribution in [-0.2, 0) is 10.0 Å². The normalized spacial score (nSPS) is 22.1. The van der Waals surface area contributed by atoms with Crippen LogP contribution < -0.4 is 15.8 Å². The van der Waals surface area contributed by atoms with Crippen molar-refractivity contribution in [1.82, 2.24) is 10.6 Å². The third-order valence-electron chi connectivity index (χ3n) is 4.07. The van der Waals surface area contributed by atoms with E-state index >= 15 is 0 Å². The minimum Gasteiger partial charge on any atom is -0.338 e. The van der Waals surface area contributed by atoms with Gasteiger partial charge in [-0.05, 0) is 37.0 Å². The summed E-state index contributed by atoms with van der Waals surface area (Å²) in [5, 5.41) is 10.2. The molecule has 0 heterocycles. The summed E-state index contributed by atoms with van der Waals surface area (Å²) < 4.78 is 21.4. The number of urea groups is 1. The first-order valence-electron chi connectivity index (χ1n) is 6.43. The van der Waals surface area contributed by atoms with Gasteiger partial charge < -0.3 is 10.6 Å². The highest BCUT2D eigenvalue weighted by Gasteiger charge is 2.48. The number of hydrogen-bond acceptors (Lipinski definition) is 3. The molecule has 0 aromatic heterocycles. The quantitative estimate of drug-likeness (QED) is 0.643. The first-order valence-corrected chi connectivity index (χ1v) is 8.15. The molecule has 0 unspecified atom stereocenters. The van der Waals surface area contributed by atoms with Gasteiger partial charge in [0.05, 0.1) is 5.75 Å². The standard InChI is InChI=1S/C11H21N3O3S/c12-18(16,17)7-6-13-10(15)14-8-11(4-1-5-11)9-2-3-9/h9H,1-8H2,(H2,12,16,17)(H2,13,14,15). The predicted octanol–water partition coefficient (Wildman–Crippen LogP) is 0.154. The Kier molecular flexibility index (Phi) is 3.82. The van der Waals surface area contributed by atoms with Gasteiger partial charge in [-0.1, -0.05) is 6.42 Å². The molecule has 2 rings (SSSR count). The maximum atomic E-state index is 11.5. The maximum Gasteiger partial charge on any atom is 0.314 e. The van der Waals surface area contributed by atoms with Gasteiger partial charge >= 0.3 is 6.03 Å². The van der Waals surface area contributed by atoms with Gasteiger partial charge in [-0.15, -0.1) is 0 Å². The largest absolute Gasteiger partial charge is 0.338 e. The van der Waals surface area contributed by atoms with E-state index in [1.807, 2.05) is 0 Å². The zero-order chi connectivity index (χ0) is 13.2. The zero-order valence-corrected chi connectivity index (χ0v) is 11.3. The Morgan fingerprint density at radius 3 is 2.39 bits per heavy atom. The first-order chi connectivity index (χ1) is 8.41. The minimum absolute atomic E-state index is 0.0566.